The highest BCUT2D eigenvalue weighted by Crippen LogP contribution is 2.28. The van der Waals surface area contributed by atoms with Gasteiger partial charge in [-0.25, -0.2) is 4.98 Å². The third-order valence-corrected chi connectivity index (χ3v) is 6.86. The second-order valence-electron chi connectivity index (χ2n) is 9.54. The number of carbonyl (C=O) groups is 2. The SMILES string of the molecule is C=C(C)COC(CC(NC)C(C)C)c1nc(C(=O)NC(Cc2ccccc2)CC(C)C(=O)O)cs1. The van der Waals surface area contributed by atoms with Crippen molar-refractivity contribution in [3.05, 3.63) is 64.1 Å². The molecule has 0 saturated heterocycles. The first-order valence-electron chi connectivity index (χ1n) is 12.1. The summed E-state index contributed by atoms with van der Waals surface area (Å²) in [5.41, 5.74) is 2.28. The highest BCUT2D eigenvalue weighted by molar-refractivity contribution is 7.09. The number of aromatic nitrogens is 1. The first kappa shape index (κ1) is 28.7. The molecule has 0 aliphatic rings. The number of hydrogen-bond acceptors (Lipinski definition) is 6. The van der Waals surface area contributed by atoms with Gasteiger partial charge in [-0.05, 0) is 44.7 Å². The highest BCUT2D eigenvalue weighted by Gasteiger charge is 2.26. The minimum absolute atomic E-state index is 0.235. The van der Waals surface area contributed by atoms with Crippen molar-refractivity contribution in [1.29, 1.82) is 0 Å². The topological polar surface area (TPSA) is 101 Å². The predicted molar refractivity (Wildman–Crippen MR) is 141 cm³/mol. The van der Waals surface area contributed by atoms with E-state index >= 15 is 0 Å². The molecule has 1 aromatic carbocycles. The molecule has 1 aromatic heterocycles. The molecule has 2 aromatic rings. The molecular weight excluding hydrogens is 462 g/mol. The normalized spacial score (nSPS) is 14.8. The van der Waals surface area contributed by atoms with Gasteiger partial charge in [0.1, 0.15) is 16.8 Å². The van der Waals surface area contributed by atoms with Crippen LogP contribution in [0.4, 0.5) is 0 Å². The van der Waals surface area contributed by atoms with Gasteiger partial charge < -0.3 is 20.5 Å². The molecule has 0 aliphatic carbocycles. The van der Waals surface area contributed by atoms with Crippen LogP contribution in [0.25, 0.3) is 0 Å². The summed E-state index contributed by atoms with van der Waals surface area (Å²) >= 11 is 1.40. The summed E-state index contributed by atoms with van der Waals surface area (Å²) in [5.74, 6) is -1.35. The minimum Gasteiger partial charge on any atom is -0.481 e. The fourth-order valence-electron chi connectivity index (χ4n) is 3.86. The number of rotatable bonds is 15. The molecule has 0 fully saturated rings. The standard InChI is InChI=1S/C27H39N3O4S/c1-17(2)15-34-24(14-22(28-6)18(3)4)26-30-23(16-35-26)25(31)29-21(12-19(5)27(32)33)13-20-10-8-7-9-11-20/h7-11,16,18-19,21-22,24,28H,1,12-15H2,2-6H3,(H,29,31)(H,32,33). The summed E-state index contributed by atoms with van der Waals surface area (Å²) in [4.78, 5) is 29.2. The Labute approximate surface area is 213 Å². The smallest absolute Gasteiger partial charge is 0.306 e. The maximum Gasteiger partial charge on any atom is 0.306 e. The Bertz CT molecular complexity index is 960. The molecule has 1 amide bonds. The van der Waals surface area contributed by atoms with Gasteiger partial charge in [-0.3, -0.25) is 9.59 Å². The van der Waals surface area contributed by atoms with Crippen LogP contribution in [0.15, 0.2) is 47.9 Å². The molecule has 8 heteroatoms. The fourth-order valence-corrected chi connectivity index (χ4v) is 4.71. The number of carboxylic acid groups (broad SMARTS) is 1. The predicted octanol–water partition coefficient (Wildman–Crippen LogP) is 4.86. The third-order valence-electron chi connectivity index (χ3n) is 5.92. The summed E-state index contributed by atoms with van der Waals surface area (Å²) < 4.78 is 6.12. The van der Waals surface area contributed by atoms with Crippen LogP contribution in [0, 0.1) is 11.8 Å². The molecule has 0 radical (unpaired) electrons. The highest BCUT2D eigenvalue weighted by atomic mass is 32.1. The van der Waals surface area contributed by atoms with E-state index < -0.39 is 11.9 Å². The Balaban J connectivity index is 2.18. The van der Waals surface area contributed by atoms with Crippen LogP contribution in [-0.4, -0.2) is 47.7 Å². The van der Waals surface area contributed by atoms with Crippen molar-refractivity contribution in [2.75, 3.05) is 13.7 Å². The number of benzene rings is 1. The maximum absolute atomic E-state index is 13.1. The number of amides is 1. The molecule has 0 aliphatic heterocycles. The molecule has 35 heavy (non-hydrogen) atoms. The average Bonchev–Trinajstić information content (AvgIpc) is 3.29. The van der Waals surface area contributed by atoms with Crippen LogP contribution in [0.2, 0.25) is 0 Å². The number of hydrogen-bond donors (Lipinski definition) is 3. The van der Waals surface area contributed by atoms with Gasteiger partial charge in [0, 0.05) is 17.5 Å². The van der Waals surface area contributed by atoms with Crippen LogP contribution in [0.1, 0.15) is 67.7 Å². The lowest BCUT2D eigenvalue weighted by Crippen LogP contribution is -2.38. The van der Waals surface area contributed by atoms with Gasteiger partial charge in [-0.2, -0.15) is 0 Å². The van der Waals surface area contributed by atoms with E-state index in [1.165, 1.54) is 11.3 Å². The van der Waals surface area contributed by atoms with Crippen molar-refractivity contribution >= 4 is 23.2 Å². The molecule has 0 bridgehead atoms. The zero-order valence-corrected chi connectivity index (χ0v) is 22.2. The van der Waals surface area contributed by atoms with Gasteiger partial charge >= 0.3 is 5.97 Å². The summed E-state index contributed by atoms with van der Waals surface area (Å²) in [6, 6.07) is 9.65. The summed E-state index contributed by atoms with van der Waals surface area (Å²) in [7, 11) is 1.94. The van der Waals surface area contributed by atoms with E-state index in [0.717, 1.165) is 22.6 Å². The lowest BCUT2D eigenvalue weighted by atomic mass is 9.96. The Morgan fingerprint density at radius 1 is 1.17 bits per heavy atom. The van der Waals surface area contributed by atoms with E-state index in [4.69, 9.17) is 4.74 Å². The zero-order chi connectivity index (χ0) is 26.0. The Morgan fingerprint density at radius 3 is 2.43 bits per heavy atom. The zero-order valence-electron chi connectivity index (χ0n) is 21.4. The van der Waals surface area contributed by atoms with Crippen molar-refractivity contribution in [3.63, 3.8) is 0 Å². The summed E-state index contributed by atoms with van der Waals surface area (Å²) in [6.07, 6.45) is 1.34. The fraction of sp³-hybridized carbons (Fsp3) is 0.519. The van der Waals surface area contributed by atoms with Crippen molar-refractivity contribution in [2.24, 2.45) is 11.8 Å². The molecule has 1 heterocycles. The van der Waals surface area contributed by atoms with Gasteiger partial charge in [0.25, 0.3) is 5.91 Å². The molecule has 7 nitrogen and oxygen atoms in total. The lowest BCUT2D eigenvalue weighted by molar-refractivity contribution is -0.141. The van der Waals surface area contributed by atoms with E-state index in [-0.39, 0.29) is 24.1 Å². The van der Waals surface area contributed by atoms with Gasteiger partial charge in [0.2, 0.25) is 0 Å². The lowest BCUT2D eigenvalue weighted by Gasteiger charge is -2.25. The number of ether oxygens (including phenoxy) is 1. The van der Waals surface area contributed by atoms with E-state index in [1.807, 2.05) is 44.3 Å². The van der Waals surface area contributed by atoms with Crippen LogP contribution in [-0.2, 0) is 16.0 Å². The molecule has 2 rings (SSSR count). The van der Waals surface area contributed by atoms with Crippen molar-refractivity contribution < 1.29 is 19.4 Å². The van der Waals surface area contributed by atoms with Crippen molar-refractivity contribution in [3.8, 4) is 0 Å². The number of thiazole rings is 1. The monoisotopic (exact) mass is 501 g/mol. The number of carbonyl (C=O) groups excluding carboxylic acids is 1. The van der Waals surface area contributed by atoms with Gasteiger partial charge in [0.05, 0.1) is 12.5 Å². The largest absolute Gasteiger partial charge is 0.481 e. The second kappa shape index (κ2) is 14.1. The number of aliphatic carboxylic acids is 1. The third kappa shape index (κ3) is 9.55. The summed E-state index contributed by atoms with van der Waals surface area (Å²) in [5, 5.41) is 18.2. The van der Waals surface area contributed by atoms with Crippen LogP contribution >= 0.6 is 11.3 Å². The van der Waals surface area contributed by atoms with Gasteiger partial charge in [-0.1, -0.05) is 63.3 Å². The van der Waals surface area contributed by atoms with E-state index in [9.17, 15) is 14.7 Å². The first-order valence-corrected chi connectivity index (χ1v) is 12.9. The van der Waals surface area contributed by atoms with E-state index in [2.05, 4.69) is 36.0 Å². The molecule has 3 N–H and O–H groups in total. The number of carboxylic acids is 1. The van der Waals surface area contributed by atoms with Crippen molar-refractivity contribution in [1.82, 2.24) is 15.6 Å². The van der Waals surface area contributed by atoms with Gasteiger partial charge in [0.15, 0.2) is 0 Å². The Morgan fingerprint density at radius 2 is 1.86 bits per heavy atom. The molecular formula is C27H39N3O4S. The Kier molecular flexibility index (Phi) is 11.6. The molecule has 192 valence electrons. The second-order valence-corrected chi connectivity index (χ2v) is 10.4. The van der Waals surface area contributed by atoms with Crippen LogP contribution < -0.4 is 10.6 Å². The minimum atomic E-state index is -0.880. The van der Waals surface area contributed by atoms with E-state index in [0.29, 0.717) is 31.1 Å². The first-order chi connectivity index (χ1) is 16.6. The quantitative estimate of drug-likeness (QED) is 0.301. The maximum atomic E-state index is 13.1. The van der Waals surface area contributed by atoms with E-state index in [1.54, 1.807) is 12.3 Å². The van der Waals surface area contributed by atoms with Crippen LogP contribution in [0.3, 0.4) is 0 Å². The van der Waals surface area contributed by atoms with Crippen molar-refractivity contribution in [2.45, 2.75) is 65.1 Å². The van der Waals surface area contributed by atoms with Gasteiger partial charge in [-0.15, -0.1) is 11.3 Å². The summed E-state index contributed by atoms with van der Waals surface area (Å²) in [6.45, 7) is 12.2. The molecule has 0 saturated carbocycles. The number of nitrogens with one attached hydrogen (secondary N) is 2. The molecule has 0 spiro atoms. The Hall–Kier alpha value is -2.55. The molecule has 4 atom stereocenters. The molecule has 4 unspecified atom stereocenters. The van der Waals surface area contributed by atoms with Crippen LogP contribution in [0.5, 0.6) is 0 Å². The average molecular weight is 502 g/mol. The number of nitrogens with zero attached hydrogens (tertiary/aromatic N) is 1.